The number of amides is 1. The van der Waals surface area contributed by atoms with Crippen molar-refractivity contribution >= 4 is 47.7 Å². The summed E-state index contributed by atoms with van der Waals surface area (Å²) in [5, 5.41) is 5.14. The predicted octanol–water partition coefficient (Wildman–Crippen LogP) is 4.07. The summed E-state index contributed by atoms with van der Waals surface area (Å²) >= 11 is 1.62. The van der Waals surface area contributed by atoms with E-state index in [2.05, 4.69) is 39.8 Å². The van der Waals surface area contributed by atoms with E-state index in [1.807, 2.05) is 17.6 Å². The Morgan fingerprint density at radius 3 is 2.85 bits per heavy atom. The molecule has 27 heavy (non-hydrogen) atoms. The highest BCUT2D eigenvalue weighted by atomic mass is 35.5. The minimum atomic E-state index is 0. The van der Waals surface area contributed by atoms with Gasteiger partial charge in [-0.15, -0.1) is 36.2 Å². The Hall–Kier alpha value is -1.18. The van der Waals surface area contributed by atoms with E-state index in [1.165, 1.54) is 5.56 Å². The maximum absolute atomic E-state index is 12.5. The molecular formula is C19H28Cl2N4OS. The summed E-state index contributed by atoms with van der Waals surface area (Å²) < 4.78 is 0. The zero-order chi connectivity index (χ0) is 17.6. The van der Waals surface area contributed by atoms with Gasteiger partial charge in [-0.1, -0.05) is 18.6 Å². The first-order valence-corrected chi connectivity index (χ1v) is 9.75. The van der Waals surface area contributed by atoms with Crippen molar-refractivity contribution in [1.29, 1.82) is 0 Å². The monoisotopic (exact) mass is 430 g/mol. The van der Waals surface area contributed by atoms with Crippen molar-refractivity contribution in [2.75, 3.05) is 12.4 Å². The van der Waals surface area contributed by atoms with Gasteiger partial charge >= 0.3 is 0 Å². The molecule has 3 N–H and O–H groups in total. The minimum Gasteiger partial charge on any atom is -0.328 e. The Morgan fingerprint density at radius 2 is 2.15 bits per heavy atom. The van der Waals surface area contributed by atoms with E-state index in [1.54, 1.807) is 11.3 Å². The molecule has 8 heteroatoms. The van der Waals surface area contributed by atoms with E-state index < -0.39 is 0 Å². The van der Waals surface area contributed by atoms with Gasteiger partial charge in [0.25, 0.3) is 0 Å². The summed E-state index contributed by atoms with van der Waals surface area (Å²) in [5.74, 6) is 0.142. The number of carbonyl (C=O) groups is 1. The van der Waals surface area contributed by atoms with Gasteiger partial charge in [-0.25, -0.2) is 4.98 Å². The molecule has 1 fully saturated rings. The van der Waals surface area contributed by atoms with E-state index in [0.29, 0.717) is 0 Å². The molecule has 150 valence electrons. The maximum Gasteiger partial charge on any atom is 0.227 e. The summed E-state index contributed by atoms with van der Waals surface area (Å²) in [5.41, 5.74) is 11.0. The van der Waals surface area contributed by atoms with Gasteiger partial charge in [0.2, 0.25) is 5.91 Å². The molecule has 1 saturated carbocycles. The number of rotatable bonds is 6. The van der Waals surface area contributed by atoms with Crippen LogP contribution < -0.4 is 11.1 Å². The summed E-state index contributed by atoms with van der Waals surface area (Å²) in [7, 11) is 2.08. The first-order valence-electron chi connectivity index (χ1n) is 8.81. The fourth-order valence-electron chi connectivity index (χ4n) is 3.42. The molecule has 1 aromatic carbocycles. The van der Waals surface area contributed by atoms with Gasteiger partial charge in [-0.3, -0.25) is 9.69 Å². The predicted molar refractivity (Wildman–Crippen MR) is 117 cm³/mol. The molecule has 5 nitrogen and oxygen atoms in total. The van der Waals surface area contributed by atoms with Crippen molar-refractivity contribution < 1.29 is 4.79 Å². The number of nitrogens with zero attached hydrogens (tertiary/aromatic N) is 2. The van der Waals surface area contributed by atoms with Gasteiger partial charge < -0.3 is 11.1 Å². The third-order valence-electron chi connectivity index (χ3n) is 4.65. The van der Waals surface area contributed by atoms with E-state index in [9.17, 15) is 4.79 Å². The summed E-state index contributed by atoms with van der Waals surface area (Å²) in [6, 6.07) is 8.25. The molecule has 1 amide bonds. The first kappa shape index (κ1) is 23.9. The molecule has 1 aliphatic rings. The second-order valence-corrected chi connectivity index (χ2v) is 7.68. The van der Waals surface area contributed by atoms with E-state index in [0.717, 1.165) is 50.2 Å². The fourth-order valence-corrected chi connectivity index (χ4v) is 3.97. The number of aromatic nitrogens is 1. The van der Waals surface area contributed by atoms with Crippen LogP contribution in [0.3, 0.4) is 0 Å². The molecule has 2 unspecified atom stereocenters. The molecule has 0 bridgehead atoms. The molecule has 3 rings (SSSR count). The molecule has 1 heterocycles. The van der Waals surface area contributed by atoms with Gasteiger partial charge in [0.05, 0.1) is 11.2 Å². The van der Waals surface area contributed by atoms with E-state index >= 15 is 0 Å². The van der Waals surface area contributed by atoms with Gasteiger partial charge in [0, 0.05) is 36.1 Å². The van der Waals surface area contributed by atoms with Gasteiger partial charge in [-0.05, 0) is 44.0 Å². The number of anilines is 1. The van der Waals surface area contributed by atoms with Crippen molar-refractivity contribution in [3.05, 3.63) is 46.4 Å². The van der Waals surface area contributed by atoms with Crippen LogP contribution >= 0.6 is 36.2 Å². The Kier molecular flexibility index (Phi) is 10.3. The smallest absolute Gasteiger partial charge is 0.227 e. The van der Waals surface area contributed by atoms with Gasteiger partial charge in [-0.2, -0.15) is 0 Å². The molecule has 2 atom stereocenters. The van der Waals surface area contributed by atoms with E-state index in [-0.39, 0.29) is 42.7 Å². The van der Waals surface area contributed by atoms with Crippen LogP contribution in [0.5, 0.6) is 0 Å². The topological polar surface area (TPSA) is 71.2 Å². The lowest BCUT2D eigenvalue weighted by atomic mass is 9.85. The van der Waals surface area contributed by atoms with Crippen LogP contribution in [-0.2, 0) is 17.9 Å². The van der Waals surface area contributed by atoms with Crippen LogP contribution in [0.25, 0.3) is 0 Å². The molecule has 0 radical (unpaired) electrons. The number of hydrogen-bond acceptors (Lipinski definition) is 5. The quantitative estimate of drug-likeness (QED) is 0.723. The summed E-state index contributed by atoms with van der Waals surface area (Å²) in [6.45, 7) is 1.63. The molecule has 0 aliphatic heterocycles. The molecule has 0 spiro atoms. The molecule has 2 aromatic rings. The lowest BCUT2D eigenvalue weighted by Gasteiger charge is -2.25. The number of halogens is 2. The van der Waals surface area contributed by atoms with Crippen LogP contribution in [0.2, 0.25) is 0 Å². The van der Waals surface area contributed by atoms with Crippen LogP contribution in [0.1, 0.15) is 36.9 Å². The van der Waals surface area contributed by atoms with Gasteiger partial charge in [0.1, 0.15) is 0 Å². The lowest BCUT2D eigenvalue weighted by molar-refractivity contribution is -0.120. The van der Waals surface area contributed by atoms with Crippen molar-refractivity contribution in [3.63, 3.8) is 0 Å². The second kappa shape index (κ2) is 11.6. The van der Waals surface area contributed by atoms with Crippen LogP contribution in [0, 0.1) is 5.92 Å². The second-order valence-electron chi connectivity index (χ2n) is 6.97. The molecule has 1 aromatic heterocycles. The Morgan fingerprint density at radius 1 is 1.33 bits per heavy atom. The van der Waals surface area contributed by atoms with Crippen molar-refractivity contribution in [3.8, 4) is 0 Å². The standard InChI is InChI=1S/C19H26N4OS.2ClH/c1-23(11-18-12-25-13-21-18)10-14-4-2-7-17(8-14)22-19(24)15-5-3-6-16(20)9-15;;/h2,4,7-8,12-13,15-16H,3,5-6,9-11,20H2,1H3,(H,22,24);2*1H. The summed E-state index contributed by atoms with van der Waals surface area (Å²) in [4.78, 5) is 19.0. The first-order chi connectivity index (χ1) is 12.1. The lowest BCUT2D eigenvalue weighted by Crippen LogP contribution is -2.34. The molecule has 1 aliphatic carbocycles. The number of nitrogens with two attached hydrogens (primary N) is 1. The highest BCUT2D eigenvalue weighted by Crippen LogP contribution is 2.24. The van der Waals surface area contributed by atoms with Crippen LogP contribution in [0.4, 0.5) is 5.69 Å². The Labute approximate surface area is 177 Å². The largest absolute Gasteiger partial charge is 0.328 e. The highest BCUT2D eigenvalue weighted by molar-refractivity contribution is 7.07. The van der Waals surface area contributed by atoms with E-state index in [4.69, 9.17) is 5.73 Å². The molecule has 0 saturated heterocycles. The Balaban J connectivity index is 0.00000182. The normalized spacial score (nSPS) is 19.1. The molecular weight excluding hydrogens is 403 g/mol. The number of hydrogen-bond donors (Lipinski definition) is 2. The van der Waals surface area contributed by atoms with Crippen molar-refractivity contribution in [2.24, 2.45) is 11.7 Å². The minimum absolute atomic E-state index is 0. The SMILES string of the molecule is CN(Cc1cccc(NC(=O)C2CCCC(N)C2)c1)Cc1cscn1.Cl.Cl. The van der Waals surface area contributed by atoms with Gasteiger partial charge in [0.15, 0.2) is 0 Å². The number of nitrogens with one attached hydrogen (secondary N) is 1. The van der Waals surface area contributed by atoms with Crippen LogP contribution in [-0.4, -0.2) is 28.9 Å². The van der Waals surface area contributed by atoms with Crippen LogP contribution in [0.15, 0.2) is 35.2 Å². The van der Waals surface area contributed by atoms with Crippen molar-refractivity contribution in [2.45, 2.75) is 44.8 Å². The number of benzene rings is 1. The third kappa shape index (κ3) is 7.39. The number of thiazole rings is 1. The Bertz CT molecular complexity index is 699. The van der Waals surface area contributed by atoms with Crippen molar-refractivity contribution in [1.82, 2.24) is 9.88 Å². The number of carbonyl (C=O) groups excluding carboxylic acids is 1. The zero-order valence-electron chi connectivity index (χ0n) is 15.5. The maximum atomic E-state index is 12.5. The summed E-state index contributed by atoms with van der Waals surface area (Å²) in [6.07, 6.45) is 3.81. The average Bonchev–Trinajstić information content (AvgIpc) is 3.08. The average molecular weight is 431 g/mol. The zero-order valence-corrected chi connectivity index (χ0v) is 17.9. The highest BCUT2D eigenvalue weighted by Gasteiger charge is 2.25. The third-order valence-corrected chi connectivity index (χ3v) is 5.28. The fraction of sp³-hybridized carbons (Fsp3) is 0.474.